The van der Waals surface area contributed by atoms with E-state index < -0.39 is 15.3 Å². The molecule has 1 aliphatic carbocycles. The fourth-order valence-electron chi connectivity index (χ4n) is 2.36. The molecule has 0 aromatic rings. The third kappa shape index (κ3) is 3.65. The molecule has 1 aliphatic rings. The van der Waals surface area contributed by atoms with Gasteiger partial charge in [-0.3, -0.25) is 0 Å². The molecule has 0 heterocycles. The molecule has 2 N–H and O–H groups in total. The Morgan fingerprint density at radius 3 is 2.22 bits per heavy atom. The highest BCUT2D eigenvalue weighted by Gasteiger charge is 2.36. The molecule has 0 amide bonds. The highest BCUT2D eigenvalue weighted by molar-refractivity contribution is 7.92. The van der Waals surface area contributed by atoms with E-state index in [1.807, 2.05) is 13.8 Å². The van der Waals surface area contributed by atoms with Crippen LogP contribution in [0.3, 0.4) is 0 Å². The molecule has 106 valence electrons. The van der Waals surface area contributed by atoms with Gasteiger partial charge in [-0.1, -0.05) is 38.9 Å². The predicted octanol–water partition coefficient (Wildman–Crippen LogP) is 1.89. The molecule has 1 saturated carbocycles. The molecule has 0 radical (unpaired) electrons. The lowest BCUT2D eigenvalue weighted by molar-refractivity contribution is 0.291. The lowest BCUT2D eigenvalue weighted by Gasteiger charge is -2.31. The molecule has 0 spiro atoms. The maximum atomic E-state index is 12.6. The van der Waals surface area contributed by atoms with Gasteiger partial charge in [-0.15, -0.1) is 0 Å². The summed E-state index contributed by atoms with van der Waals surface area (Å²) < 4.78 is 26.8. The molecule has 6 heteroatoms. The van der Waals surface area contributed by atoms with E-state index >= 15 is 0 Å². The monoisotopic (exact) mass is 292 g/mol. The van der Waals surface area contributed by atoms with E-state index in [0.29, 0.717) is 12.5 Å². The topological polar surface area (TPSA) is 63.4 Å². The minimum absolute atomic E-state index is 0.0572. The van der Waals surface area contributed by atoms with Crippen molar-refractivity contribution in [2.45, 2.75) is 57.7 Å². The van der Waals surface area contributed by atoms with Gasteiger partial charge >= 0.3 is 0 Å². The van der Waals surface area contributed by atoms with Crippen molar-refractivity contribution in [2.75, 3.05) is 6.54 Å². The summed E-state index contributed by atoms with van der Waals surface area (Å²) in [5.74, 6) is 0.305. The summed E-state index contributed by atoms with van der Waals surface area (Å²) in [4.78, 5) is 0.0572. The standard InChI is InChI=1S/C12H24N2O2S2/c1-9(2)8-14(11-6-4-5-7-11)18(15,16)10(3)12(13)17/h9-11H,4-8H2,1-3H3,(H2,13,17). The van der Waals surface area contributed by atoms with E-state index in [9.17, 15) is 8.42 Å². The van der Waals surface area contributed by atoms with Crippen LogP contribution < -0.4 is 5.73 Å². The van der Waals surface area contributed by atoms with Crippen molar-refractivity contribution in [3.8, 4) is 0 Å². The summed E-state index contributed by atoms with van der Waals surface area (Å²) in [5.41, 5.74) is 5.51. The second-order valence-electron chi connectivity index (χ2n) is 5.49. The van der Waals surface area contributed by atoms with Crippen LogP contribution in [0.25, 0.3) is 0 Å². The Bertz CT molecular complexity index is 387. The normalized spacial score (nSPS) is 19.6. The third-order valence-electron chi connectivity index (χ3n) is 3.45. The minimum Gasteiger partial charge on any atom is -0.392 e. The van der Waals surface area contributed by atoms with E-state index in [1.165, 1.54) is 0 Å². The van der Waals surface area contributed by atoms with Gasteiger partial charge in [0.05, 0.1) is 4.99 Å². The quantitative estimate of drug-likeness (QED) is 0.759. The number of nitrogens with zero attached hydrogens (tertiary/aromatic N) is 1. The predicted molar refractivity (Wildman–Crippen MR) is 79.0 cm³/mol. The fraction of sp³-hybridized carbons (Fsp3) is 0.917. The molecule has 0 bridgehead atoms. The molecule has 0 saturated heterocycles. The van der Waals surface area contributed by atoms with Gasteiger partial charge in [0, 0.05) is 12.6 Å². The first-order chi connectivity index (χ1) is 8.26. The SMILES string of the molecule is CC(C)CN(C1CCCC1)S(=O)(=O)C(C)C(N)=S. The first-order valence-electron chi connectivity index (χ1n) is 6.56. The number of rotatable bonds is 6. The number of nitrogens with two attached hydrogens (primary N) is 1. The smallest absolute Gasteiger partial charge is 0.223 e. The molecule has 0 aromatic heterocycles. The van der Waals surface area contributed by atoms with Gasteiger partial charge in [-0.2, -0.15) is 4.31 Å². The number of hydrogen-bond acceptors (Lipinski definition) is 3. The number of sulfonamides is 1. The Morgan fingerprint density at radius 1 is 1.33 bits per heavy atom. The van der Waals surface area contributed by atoms with E-state index in [2.05, 4.69) is 0 Å². The van der Waals surface area contributed by atoms with Crippen molar-refractivity contribution in [1.29, 1.82) is 0 Å². The van der Waals surface area contributed by atoms with Gasteiger partial charge in [0.2, 0.25) is 10.0 Å². The van der Waals surface area contributed by atoms with Gasteiger partial charge in [-0.05, 0) is 25.7 Å². The van der Waals surface area contributed by atoms with Gasteiger partial charge in [-0.25, -0.2) is 8.42 Å². The van der Waals surface area contributed by atoms with Crippen molar-refractivity contribution in [3.05, 3.63) is 0 Å². The zero-order valence-electron chi connectivity index (χ0n) is 11.4. The van der Waals surface area contributed by atoms with Crippen LogP contribution >= 0.6 is 12.2 Å². The van der Waals surface area contributed by atoms with E-state index in [0.717, 1.165) is 25.7 Å². The van der Waals surface area contributed by atoms with Crippen molar-refractivity contribution in [2.24, 2.45) is 11.7 Å². The summed E-state index contributed by atoms with van der Waals surface area (Å²) in [7, 11) is -3.41. The molecule has 1 rings (SSSR count). The summed E-state index contributed by atoms with van der Waals surface area (Å²) in [6.45, 7) is 6.20. The van der Waals surface area contributed by atoms with Crippen molar-refractivity contribution in [1.82, 2.24) is 4.31 Å². The van der Waals surface area contributed by atoms with Crippen LogP contribution in [0.1, 0.15) is 46.5 Å². The highest BCUT2D eigenvalue weighted by Crippen LogP contribution is 2.28. The molecular weight excluding hydrogens is 268 g/mol. The molecule has 0 aliphatic heterocycles. The molecule has 1 unspecified atom stereocenters. The molecule has 0 aromatic carbocycles. The first kappa shape index (κ1) is 15.9. The van der Waals surface area contributed by atoms with Crippen molar-refractivity contribution >= 4 is 27.2 Å². The van der Waals surface area contributed by atoms with Crippen molar-refractivity contribution in [3.63, 3.8) is 0 Å². The Hall–Kier alpha value is -0.200. The van der Waals surface area contributed by atoms with Crippen LogP contribution in [0.5, 0.6) is 0 Å². The Balaban J connectivity index is 2.97. The lowest BCUT2D eigenvalue weighted by atomic mass is 10.2. The van der Waals surface area contributed by atoms with Crippen LogP contribution in [0.2, 0.25) is 0 Å². The average molecular weight is 292 g/mol. The Morgan fingerprint density at radius 2 is 1.83 bits per heavy atom. The number of hydrogen-bond donors (Lipinski definition) is 1. The van der Waals surface area contributed by atoms with Crippen LogP contribution in [0.15, 0.2) is 0 Å². The van der Waals surface area contributed by atoms with E-state index in [-0.39, 0.29) is 11.0 Å². The largest absolute Gasteiger partial charge is 0.392 e. The maximum Gasteiger partial charge on any atom is 0.223 e. The lowest BCUT2D eigenvalue weighted by Crippen LogP contribution is -2.48. The maximum absolute atomic E-state index is 12.6. The Labute approximate surface area is 116 Å². The molecule has 1 atom stereocenters. The second-order valence-corrected chi connectivity index (χ2v) is 8.17. The van der Waals surface area contributed by atoms with Gasteiger partial charge in [0.15, 0.2) is 0 Å². The fourth-order valence-corrected chi connectivity index (χ4v) is 4.56. The van der Waals surface area contributed by atoms with Gasteiger partial charge in [0.25, 0.3) is 0 Å². The van der Waals surface area contributed by atoms with Crippen LogP contribution in [-0.2, 0) is 10.0 Å². The third-order valence-corrected chi connectivity index (χ3v) is 6.20. The van der Waals surface area contributed by atoms with Gasteiger partial charge in [0.1, 0.15) is 5.25 Å². The summed E-state index contributed by atoms with van der Waals surface area (Å²) >= 11 is 4.85. The van der Waals surface area contributed by atoms with Crippen LogP contribution in [0, 0.1) is 5.92 Å². The van der Waals surface area contributed by atoms with Gasteiger partial charge < -0.3 is 5.73 Å². The highest BCUT2D eigenvalue weighted by atomic mass is 32.2. The molecule has 4 nitrogen and oxygen atoms in total. The summed E-state index contributed by atoms with van der Waals surface area (Å²) in [6, 6.07) is 0.134. The first-order valence-corrected chi connectivity index (χ1v) is 8.48. The van der Waals surface area contributed by atoms with Crippen molar-refractivity contribution < 1.29 is 8.42 Å². The average Bonchev–Trinajstić information content (AvgIpc) is 2.77. The molecule has 1 fully saturated rings. The minimum atomic E-state index is -3.41. The molecular formula is C12H24N2O2S2. The van der Waals surface area contributed by atoms with Crippen LogP contribution in [0.4, 0.5) is 0 Å². The van der Waals surface area contributed by atoms with E-state index in [1.54, 1.807) is 11.2 Å². The zero-order valence-corrected chi connectivity index (χ0v) is 13.1. The van der Waals surface area contributed by atoms with E-state index in [4.69, 9.17) is 18.0 Å². The second kappa shape index (κ2) is 6.30. The molecule has 18 heavy (non-hydrogen) atoms. The zero-order chi connectivity index (χ0) is 13.9. The Kier molecular flexibility index (Phi) is 5.55. The number of thiocarbonyl (C=S) groups is 1. The summed E-state index contributed by atoms with van der Waals surface area (Å²) in [5, 5.41) is -0.771. The van der Waals surface area contributed by atoms with Crippen LogP contribution in [-0.4, -0.2) is 35.5 Å². The summed E-state index contributed by atoms with van der Waals surface area (Å²) in [6.07, 6.45) is 4.12.